The van der Waals surface area contributed by atoms with E-state index in [4.69, 9.17) is 11.6 Å². The summed E-state index contributed by atoms with van der Waals surface area (Å²) in [5.41, 5.74) is 3.15. The number of halogens is 1. The first kappa shape index (κ1) is 19.8. The molecule has 0 aliphatic heterocycles. The van der Waals surface area contributed by atoms with Gasteiger partial charge in [0.1, 0.15) is 5.65 Å². The van der Waals surface area contributed by atoms with Crippen molar-refractivity contribution >= 4 is 56.4 Å². The van der Waals surface area contributed by atoms with Gasteiger partial charge in [-0.3, -0.25) is 9.59 Å². The number of nitrogens with one attached hydrogen (secondary N) is 3. The van der Waals surface area contributed by atoms with Gasteiger partial charge in [-0.25, -0.2) is 4.98 Å². The van der Waals surface area contributed by atoms with Crippen molar-refractivity contribution in [1.82, 2.24) is 9.97 Å². The Morgan fingerprint density at radius 3 is 2.41 bits per heavy atom. The summed E-state index contributed by atoms with van der Waals surface area (Å²) in [5, 5.41) is 8.81. The molecule has 0 saturated carbocycles. The monoisotopic (exact) mass is 440 g/mol. The lowest BCUT2D eigenvalue weighted by molar-refractivity contribution is 0.102. The minimum atomic E-state index is -0.238. The third-order valence-electron chi connectivity index (χ3n) is 5.14. The predicted molar refractivity (Wildman–Crippen MR) is 129 cm³/mol. The molecule has 1 amide bonds. The largest absolute Gasteiger partial charge is 0.355 e. The lowest BCUT2D eigenvalue weighted by atomic mass is 10.1. The van der Waals surface area contributed by atoms with Crippen LogP contribution in [0.1, 0.15) is 10.4 Å². The van der Waals surface area contributed by atoms with Crippen LogP contribution in [-0.2, 0) is 0 Å². The van der Waals surface area contributed by atoms with Crippen LogP contribution in [0.3, 0.4) is 0 Å². The molecular formula is C25H17ClN4O2. The number of anilines is 3. The quantitative estimate of drug-likeness (QED) is 0.312. The zero-order chi connectivity index (χ0) is 22.1. The number of carbonyl (C=O) groups excluding carboxylic acids is 1. The first-order valence-corrected chi connectivity index (χ1v) is 10.3. The maximum atomic E-state index is 12.4. The van der Waals surface area contributed by atoms with Gasteiger partial charge in [-0.1, -0.05) is 35.9 Å². The van der Waals surface area contributed by atoms with Crippen LogP contribution >= 0.6 is 11.6 Å². The van der Waals surface area contributed by atoms with Crippen LogP contribution in [0.25, 0.3) is 21.8 Å². The molecule has 7 heteroatoms. The highest BCUT2D eigenvalue weighted by atomic mass is 35.5. The van der Waals surface area contributed by atoms with Crippen LogP contribution in [0.4, 0.5) is 17.1 Å². The second kappa shape index (κ2) is 8.17. The van der Waals surface area contributed by atoms with E-state index in [0.29, 0.717) is 27.3 Å². The summed E-state index contributed by atoms with van der Waals surface area (Å²) in [6.45, 7) is 0. The molecule has 0 unspecified atom stereocenters. The number of rotatable bonds is 4. The van der Waals surface area contributed by atoms with Crippen LogP contribution in [-0.4, -0.2) is 15.9 Å². The molecule has 0 fully saturated rings. The number of aromatic nitrogens is 2. The lowest BCUT2D eigenvalue weighted by Crippen LogP contribution is -2.11. The fourth-order valence-electron chi connectivity index (χ4n) is 3.62. The topological polar surface area (TPSA) is 86.9 Å². The molecule has 32 heavy (non-hydrogen) atoms. The summed E-state index contributed by atoms with van der Waals surface area (Å²) < 4.78 is 0. The number of benzene rings is 3. The Morgan fingerprint density at radius 1 is 0.875 bits per heavy atom. The van der Waals surface area contributed by atoms with Gasteiger partial charge in [-0.05, 0) is 54.6 Å². The molecule has 5 aromatic rings. The molecule has 3 aromatic carbocycles. The number of hydrogen-bond acceptors (Lipinski definition) is 4. The number of carbonyl (C=O) groups is 1. The van der Waals surface area contributed by atoms with Crippen molar-refractivity contribution in [1.29, 1.82) is 0 Å². The summed E-state index contributed by atoms with van der Waals surface area (Å²) in [5.74, 6) is -0.166. The number of pyridine rings is 2. The maximum Gasteiger partial charge on any atom is 0.257 e. The van der Waals surface area contributed by atoms with E-state index in [9.17, 15) is 9.59 Å². The molecule has 0 bridgehead atoms. The van der Waals surface area contributed by atoms with Crippen molar-refractivity contribution < 1.29 is 4.79 Å². The number of amides is 1. The maximum absolute atomic E-state index is 12.4. The molecule has 2 heterocycles. The molecular weight excluding hydrogens is 424 g/mol. The van der Waals surface area contributed by atoms with E-state index in [0.717, 1.165) is 22.1 Å². The molecule has 5 rings (SSSR count). The number of H-pyrrole nitrogens is 1. The zero-order valence-corrected chi connectivity index (χ0v) is 17.5. The number of nitrogens with zero attached hydrogens (tertiary/aromatic N) is 1. The molecule has 0 aliphatic rings. The highest BCUT2D eigenvalue weighted by Crippen LogP contribution is 2.31. The second-order valence-electron chi connectivity index (χ2n) is 7.25. The molecule has 0 spiro atoms. The van der Waals surface area contributed by atoms with Crippen LogP contribution < -0.4 is 16.2 Å². The van der Waals surface area contributed by atoms with Gasteiger partial charge in [-0.2, -0.15) is 0 Å². The Morgan fingerprint density at radius 2 is 1.62 bits per heavy atom. The van der Waals surface area contributed by atoms with Crippen molar-refractivity contribution in [3.63, 3.8) is 0 Å². The van der Waals surface area contributed by atoms with Crippen molar-refractivity contribution in [2.75, 3.05) is 10.6 Å². The Kier molecular flexibility index (Phi) is 5.05. The average molecular weight is 441 g/mol. The molecule has 6 nitrogen and oxygen atoms in total. The van der Waals surface area contributed by atoms with Gasteiger partial charge in [0.05, 0.1) is 5.69 Å². The smallest absolute Gasteiger partial charge is 0.257 e. The molecule has 0 atom stereocenters. The van der Waals surface area contributed by atoms with Gasteiger partial charge in [0.15, 0.2) is 0 Å². The number of fused-ring (bicyclic) bond motifs is 3. The Bertz CT molecular complexity index is 1510. The Hall–Kier alpha value is -4.16. The Balaban J connectivity index is 1.46. The average Bonchev–Trinajstić information content (AvgIpc) is 2.81. The minimum Gasteiger partial charge on any atom is -0.355 e. The van der Waals surface area contributed by atoms with E-state index in [1.165, 1.54) is 0 Å². The van der Waals surface area contributed by atoms with Crippen molar-refractivity contribution in [3.05, 3.63) is 106 Å². The molecule has 0 aliphatic carbocycles. The molecule has 0 saturated heterocycles. The normalized spacial score (nSPS) is 10.9. The van der Waals surface area contributed by atoms with E-state index >= 15 is 0 Å². The second-order valence-corrected chi connectivity index (χ2v) is 7.69. The van der Waals surface area contributed by atoms with Crippen LogP contribution in [0, 0.1) is 0 Å². The third kappa shape index (κ3) is 3.79. The first-order chi connectivity index (χ1) is 15.6. The fourth-order valence-corrected chi connectivity index (χ4v) is 3.79. The molecule has 0 radical (unpaired) electrons. The van der Waals surface area contributed by atoms with Crippen molar-refractivity contribution in [2.24, 2.45) is 0 Å². The third-order valence-corrected chi connectivity index (χ3v) is 5.37. The summed E-state index contributed by atoms with van der Waals surface area (Å²) in [6.07, 6.45) is 1.64. The summed E-state index contributed by atoms with van der Waals surface area (Å²) >= 11 is 6.09. The number of hydrogen-bond donors (Lipinski definition) is 3. The summed E-state index contributed by atoms with van der Waals surface area (Å²) in [7, 11) is 0. The molecule has 2 aromatic heterocycles. The van der Waals surface area contributed by atoms with Gasteiger partial charge in [0.25, 0.3) is 11.5 Å². The molecule has 3 N–H and O–H groups in total. The Labute approximate surface area is 187 Å². The standard InChI is InChI=1S/C25H17ClN4O2/c26-16-6-11-19-20(14-16)25(32)30-23-22(19)21(12-13-27-23)28-17-7-9-18(10-8-17)29-24(31)15-4-2-1-3-5-15/h1-14H,(H,29,31)(H2,27,28,30,32). The number of aromatic amines is 1. The van der Waals surface area contributed by atoms with E-state index in [2.05, 4.69) is 20.6 Å². The fraction of sp³-hybridized carbons (Fsp3) is 0. The van der Waals surface area contributed by atoms with E-state index in [1.54, 1.807) is 30.5 Å². The first-order valence-electron chi connectivity index (χ1n) is 9.92. The van der Waals surface area contributed by atoms with Gasteiger partial charge < -0.3 is 15.6 Å². The van der Waals surface area contributed by atoms with Gasteiger partial charge in [0, 0.05) is 44.3 Å². The van der Waals surface area contributed by atoms with Gasteiger partial charge >= 0.3 is 0 Å². The van der Waals surface area contributed by atoms with Crippen LogP contribution in [0.15, 0.2) is 89.9 Å². The van der Waals surface area contributed by atoms with E-state index in [1.807, 2.05) is 54.6 Å². The SMILES string of the molecule is O=C(Nc1ccc(Nc2ccnc3[nH]c(=O)c4cc(Cl)ccc4c23)cc1)c1ccccc1. The highest BCUT2D eigenvalue weighted by Gasteiger charge is 2.11. The zero-order valence-electron chi connectivity index (χ0n) is 16.7. The van der Waals surface area contributed by atoms with Gasteiger partial charge in [0.2, 0.25) is 0 Å². The van der Waals surface area contributed by atoms with Gasteiger partial charge in [-0.15, -0.1) is 0 Å². The lowest BCUT2D eigenvalue weighted by Gasteiger charge is -2.12. The van der Waals surface area contributed by atoms with Crippen LogP contribution in [0.2, 0.25) is 5.02 Å². The summed E-state index contributed by atoms with van der Waals surface area (Å²) in [6, 6.07) is 23.5. The minimum absolute atomic E-state index is 0.166. The van der Waals surface area contributed by atoms with E-state index < -0.39 is 0 Å². The van der Waals surface area contributed by atoms with Crippen LogP contribution in [0.5, 0.6) is 0 Å². The highest BCUT2D eigenvalue weighted by molar-refractivity contribution is 6.31. The van der Waals surface area contributed by atoms with Crippen molar-refractivity contribution in [3.8, 4) is 0 Å². The predicted octanol–water partition coefficient (Wildman–Crippen LogP) is 5.73. The van der Waals surface area contributed by atoms with E-state index in [-0.39, 0.29) is 11.5 Å². The van der Waals surface area contributed by atoms with Crippen molar-refractivity contribution in [2.45, 2.75) is 0 Å². The summed E-state index contributed by atoms with van der Waals surface area (Å²) in [4.78, 5) is 31.9. The molecule has 156 valence electrons.